The van der Waals surface area contributed by atoms with Gasteiger partial charge in [-0.1, -0.05) is 18.7 Å². The van der Waals surface area contributed by atoms with E-state index in [4.69, 9.17) is 11.1 Å². The van der Waals surface area contributed by atoms with E-state index in [0.717, 1.165) is 5.16 Å². The van der Waals surface area contributed by atoms with Crippen LogP contribution in [0.1, 0.15) is 13.3 Å². The molecular weight excluding hydrogens is 186 g/mol. The van der Waals surface area contributed by atoms with Gasteiger partial charge >= 0.3 is 0 Å². The molecule has 1 unspecified atom stereocenters. The Morgan fingerprint density at radius 2 is 2.54 bits per heavy atom. The highest BCUT2D eigenvalue weighted by molar-refractivity contribution is 7.99. The van der Waals surface area contributed by atoms with Crippen molar-refractivity contribution >= 4 is 17.6 Å². The van der Waals surface area contributed by atoms with E-state index in [2.05, 4.69) is 10.1 Å². The van der Waals surface area contributed by atoms with Crippen molar-refractivity contribution in [3.63, 3.8) is 0 Å². The molecule has 0 saturated carbocycles. The quantitative estimate of drug-likeness (QED) is 0.423. The van der Waals surface area contributed by atoms with Crippen LogP contribution in [0.4, 0.5) is 0 Å². The van der Waals surface area contributed by atoms with Gasteiger partial charge < -0.3 is 5.73 Å². The second-order valence-electron chi connectivity index (χ2n) is 2.82. The fourth-order valence-electron chi connectivity index (χ4n) is 0.924. The molecule has 72 valence electrons. The number of aromatic nitrogens is 3. The average molecular weight is 199 g/mol. The second-order valence-corrected chi connectivity index (χ2v) is 4.23. The molecule has 3 N–H and O–H groups in total. The summed E-state index contributed by atoms with van der Waals surface area (Å²) in [6.07, 6.45) is 2.10. The summed E-state index contributed by atoms with van der Waals surface area (Å²) in [5, 5.41) is 12.2. The lowest BCUT2D eigenvalue weighted by atomic mass is 10.3. The molecule has 6 heteroatoms. The smallest absolute Gasteiger partial charge is 0.186 e. The summed E-state index contributed by atoms with van der Waals surface area (Å²) in [7, 11) is 1.84. The Hall–Kier alpha value is -1.04. The summed E-state index contributed by atoms with van der Waals surface area (Å²) in [6.45, 7) is 2.01. The summed E-state index contributed by atoms with van der Waals surface area (Å²) in [5.41, 5.74) is 5.29. The standard InChI is InChI=1S/C7H13N5S/c1-5(3-6(8)9)13-7-10-4-11-12(7)2/h4-5H,3H2,1-2H3,(H3,8,9). The van der Waals surface area contributed by atoms with Gasteiger partial charge in [-0.2, -0.15) is 5.10 Å². The highest BCUT2D eigenvalue weighted by Crippen LogP contribution is 2.21. The molecule has 0 radical (unpaired) electrons. The van der Waals surface area contributed by atoms with E-state index < -0.39 is 0 Å². The van der Waals surface area contributed by atoms with E-state index in [1.54, 1.807) is 16.4 Å². The van der Waals surface area contributed by atoms with Crippen molar-refractivity contribution in [3.8, 4) is 0 Å². The Morgan fingerprint density at radius 3 is 3.00 bits per heavy atom. The lowest BCUT2D eigenvalue weighted by Crippen LogP contribution is -2.15. The van der Waals surface area contributed by atoms with Crippen molar-refractivity contribution in [1.29, 1.82) is 5.41 Å². The SMILES string of the molecule is CC(CC(=N)N)Sc1ncnn1C. The third-order valence-electron chi connectivity index (χ3n) is 1.48. The lowest BCUT2D eigenvalue weighted by Gasteiger charge is -2.08. The van der Waals surface area contributed by atoms with Crippen LogP contribution in [0.2, 0.25) is 0 Å². The number of aryl methyl sites for hydroxylation is 1. The van der Waals surface area contributed by atoms with Gasteiger partial charge in [0, 0.05) is 18.7 Å². The van der Waals surface area contributed by atoms with Crippen LogP contribution in [0.5, 0.6) is 0 Å². The van der Waals surface area contributed by atoms with Crippen molar-refractivity contribution in [2.24, 2.45) is 12.8 Å². The summed E-state index contributed by atoms with van der Waals surface area (Å²) < 4.78 is 1.71. The number of nitrogens with one attached hydrogen (secondary N) is 1. The maximum absolute atomic E-state index is 7.13. The number of hydrogen-bond donors (Lipinski definition) is 2. The van der Waals surface area contributed by atoms with Crippen LogP contribution >= 0.6 is 11.8 Å². The Balaban J connectivity index is 2.49. The Kier molecular flexibility index (Phi) is 3.30. The number of amidine groups is 1. The minimum absolute atomic E-state index is 0.210. The molecule has 0 amide bonds. The monoisotopic (exact) mass is 199 g/mol. The molecule has 1 rings (SSSR count). The molecule has 1 atom stereocenters. The third-order valence-corrected chi connectivity index (χ3v) is 2.63. The molecule has 1 aromatic rings. The summed E-state index contributed by atoms with van der Waals surface area (Å²) >= 11 is 1.57. The molecule has 0 fully saturated rings. The fourth-order valence-corrected chi connectivity index (χ4v) is 1.85. The van der Waals surface area contributed by atoms with Gasteiger partial charge in [-0.15, -0.1) is 0 Å². The molecule has 1 heterocycles. The first-order chi connectivity index (χ1) is 6.09. The molecule has 5 nitrogen and oxygen atoms in total. The number of rotatable bonds is 4. The molecule has 0 aliphatic carbocycles. The molecule has 0 spiro atoms. The predicted molar refractivity (Wildman–Crippen MR) is 52.9 cm³/mol. The van der Waals surface area contributed by atoms with Crippen LogP contribution in [0.15, 0.2) is 11.5 Å². The van der Waals surface area contributed by atoms with Gasteiger partial charge in [-0.25, -0.2) is 9.67 Å². The van der Waals surface area contributed by atoms with Gasteiger partial charge in [0.1, 0.15) is 6.33 Å². The first kappa shape index (κ1) is 10.0. The van der Waals surface area contributed by atoms with E-state index in [0.29, 0.717) is 6.42 Å². The molecule has 0 aromatic carbocycles. The van der Waals surface area contributed by atoms with Crippen molar-refractivity contribution in [2.75, 3.05) is 0 Å². The van der Waals surface area contributed by atoms with Crippen LogP contribution in [0.3, 0.4) is 0 Å². The summed E-state index contributed by atoms with van der Waals surface area (Å²) in [6, 6.07) is 0. The first-order valence-corrected chi connectivity index (χ1v) is 4.81. The Labute approximate surface area is 81.2 Å². The van der Waals surface area contributed by atoms with Crippen LogP contribution in [-0.4, -0.2) is 25.9 Å². The van der Waals surface area contributed by atoms with Crippen LogP contribution < -0.4 is 5.73 Å². The molecule has 0 saturated heterocycles. The minimum atomic E-state index is 0.210. The van der Waals surface area contributed by atoms with Gasteiger partial charge in [-0.3, -0.25) is 5.41 Å². The average Bonchev–Trinajstić information content (AvgIpc) is 2.34. The van der Waals surface area contributed by atoms with Crippen molar-refractivity contribution in [3.05, 3.63) is 6.33 Å². The van der Waals surface area contributed by atoms with E-state index in [1.165, 1.54) is 6.33 Å². The zero-order valence-electron chi connectivity index (χ0n) is 7.69. The fraction of sp³-hybridized carbons (Fsp3) is 0.571. The maximum Gasteiger partial charge on any atom is 0.186 e. The first-order valence-electron chi connectivity index (χ1n) is 3.93. The van der Waals surface area contributed by atoms with Gasteiger partial charge in [0.25, 0.3) is 0 Å². The molecule has 13 heavy (non-hydrogen) atoms. The lowest BCUT2D eigenvalue weighted by molar-refractivity contribution is 0.683. The van der Waals surface area contributed by atoms with Crippen LogP contribution in [-0.2, 0) is 7.05 Å². The van der Waals surface area contributed by atoms with Crippen LogP contribution in [0.25, 0.3) is 0 Å². The highest BCUT2D eigenvalue weighted by atomic mass is 32.2. The van der Waals surface area contributed by atoms with Crippen molar-refractivity contribution in [1.82, 2.24) is 14.8 Å². The molecular formula is C7H13N5S. The number of nitrogens with zero attached hydrogens (tertiary/aromatic N) is 3. The number of hydrogen-bond acceptors (Lipinski definition) is 4. The van der Waals surface area contributed by atoms with Gasteiger partial charge in [0.05, 0.1) is 5.84 Å². The van der Waals surface area contributed by atoms with E-state index in [1.807, 2.05) is 14.0 Å². The number of nitrogens with two attached hydrogens (primary N) is 1. The van der Waals surface area contributed by atoms with Gasteiger partial charge in [-0.05, 0) is 0 Å². The van der Waals surface area contributed by atoms with Crippen molar-refractivity contribution < 1.29 is 0 Å². The largest absolute Gasteiger partial charge is 0.388 e. The molecule has 0 bridgehead atoms. The van der Waals surface area contributed by atoms with Gasteiger partial charge in [0.15, 0.2) is 5.16 Å². The zero-order chi connectivity index (χ0) is 9.84. The number of thioether (sulfide) groups is 1. The highest BCUT2D eigenvalue weighted by Gasteiger charge is 2.09. The van der Waals surface area contributed by atoms with Crippen molar-refractivity contribution in [2.45, 2.75) is 23.8 Å². The molecule has 0 aliphatic heterocycles. The molecule has 0 aliphatic rings. The topological polar surface area (TPSA) is 80.6 Å². The zero-order valence-corrected chi connectivity index (χ0v) is 8.51. The third kappa shape index (κ3) is 3.06. The second kappa shape index (κ2) is 4.27. The molecule has 1 aromatic heterocycles. The summed E-state index contributed by atoms with van der Waals surface area (Å²) in [5.74, 6) is 0.210. The van der Waals surface area contributed by atoms with Crippen LogP contribution in [0, 0.1) is 5.41 Å². The normalized spacial score (nSPS) is 12.8. The van der Waals surface area contributed by atoms with E-state index in [-0.39, 0.29) is 11.1 Å². The predicted octanol–water partition coefficient (Wildman–Crippen LogP) is 0.622. The summed E-state index contributed by atoms with van der Waals surface area (Å²) in [4.78, 5) is 4.07. The van der Waals surface area contributed by atoms with E-state index >= 15 is 0 Å². The Morgan fingerprint density at radius 1 is 1.85 bits per heavy atom. The van der Waals surface area contributed by atoms with E-state index in [9.17, 15) is 0 Å². The van der Waals surface area contributed by atoms with Gasteiger partial charge in [0.2, 0.25) is 0 Å². The maximum atomic E-state index is 7.13. The Bertz CT molecular complexity index is 295. The minimum Gasteiger partial charge on any atom is -0.388 e.